The highest BCUT2D eigenvalue weighted by Gasteiger charge is 2.34. The SMILES string of the molecule is CC1c2oc3ccccc3c2C=CC1N(c1cccc(-c2cccc(-c3ccc4c(c3)c3c(n4-c4ccccc4)N(c4ccccc4)c4ccccc4S3)c2)c1)c1ccc2c(c1)oc1ccccc12. The maximum absolute atomic E-state index is 6.63. The van der Waals surface area contributed by atoms with Gasteiger partial charge in [0.15, 0.2) is 0 Å². The Labute approximate surface area is 403 Å². The molecular weight excluding hydrogens is 863 g/mol. The van der Waals surface area contributed by atoms with E-state index in [2.05, 4.69) is 234 Å². The molecule has 1 aliphatic carbocycles. The molecule has 3 aromatic heterocycles. The topological polar surface area (TPSA) is 37.7 Å². The second-order valence-electron chi connectivity index (χ2n) is 18.1. The summed E-state index contributed by atoms with van der Waals surface area (Å²) in [6, 6.07) is 78.5. The van der Waals surface area contributed by atoms with E-state index < -0.39 is 0 Å². The average Bonchev–Trinajstić information content (AvgIpc) is 4.09. The first kappa shape index (κ1) is 39.7. The largest absolute Gasteiger partial charge is 0.460 e. The van der Waals surface area contributed by atoms with Crippen LogP contribution in [0.1, 0.15) is 24.2 Å². The van der Waals surface area contributed by atoms with Crippen molar-refractivity contribution in [2.24, 2.45) is 0 Å². The van der Waals surface area contributed by atoms with E-state index in [0.29, 0.717) is 0 Å². The van der Waals surface area contributed by atoms with Gasteiger partial charge in [0.25, 0.3) is 0 Å². The molecule has 6 heteroatoms. The van der Waals surface area contributed by atoms with Crippen LogP contribution < -0.4 is 9.80 Å². The first-order valence-corrected chi connectivity index (χ1v) is 24.4. The van der Waals surface area contributed by atoms with Gasteiger partial charge in [-0.2, -0.15) is 0 Å². The zero-order valence-electron chi connectivity index (χ0n) is 37.7. The molecule has 0 saturated heterocycles. The van der Waals surface area contributed by atoms with Crippen LogP contribution in [0.15, 0.2) is 243 Å². The molecule has 12 aromatic rings. The lowest BCUT2D eigenvalue weighted by Crippen LogP contribution is -2.35. The summed E-state index contributed by atoms with van der Waals surface area (Å²) in [6.45, 7) is 2.29. The fraction of sp³-hybridized carbons (Fsp3) is 0.0476. The molecule has 5 nitrogen and oxygen atoms in total. The van der Waals surface area contributed by atoms with Crippen molar-refractivity contribution < 1.29 is 8.83 Å². The van der Waals surface area contributed by atoms with Crippen LogP contribution in [0.5, 0.6) is 0 Å². The number of furan rings is 2. The number of hydrogen-bond acceptors (Lipinski definition) is 5. The lowest BCUT2D eigenvalue weighted by atomic mass is 9.87. The van der Waals surface area contributed by atoms with E-state index >= 15 is 0 Å². The summed E-state index contributed by atoms with van der Waals surface area (Å²) in [7, 11) is 0. The zero-order valence-corrected chi connectivity index (χ0v) is 38.5. The maximum Gasteiger partial charge on any atom is 0.137 e. The summed E-state index contributed by atoms with van der Waals surface area (Å²) in [5.41, 5.74) is 15.2. The van der Waals surface area contributed by atoms with Crippen molar-refractivity contribution in [3.05, 3.63) is 236 Å². The predicted molar refractivity (Wildman–Crippen MR) is 286 cm³/mol. The van der Waals surface area contributed by atoms with Crippen molar-refractivity contribution >= 4 is 90.2 Å². The van der Waals surface area contributed by atoms with E-state index in [1.807, 2.05) is 30.0 Å². The lowest BCUT2D eigenvalue weighted by Gasteiger charge is -2.37. The third-order valence-electron chi connectivity index (χ3n) is 14.1. The van der Waals surface area contributed by atoms with Gasteiger partial charge in [-0.25, -0.2) is 0 Å². The normalized spacial score (nSPS) is 15.2. The number of aromatic nitrogens is 1. The van der Waals surface area contributed by atoms with E-state index in [-0.39, 0.29) is 12.0 Å². The van der Waals surface area contributed by atoms with E-state index in [4.69, 9.17) is 8.83 Å². The molecule has 2 unspecified atom stereocenters. The molecule has 2 atom stereocenters. The third kappa shape index (κ3) is 6.40. The summed E-state index contributed by atoms with van der Waals surface area (Å²) in [4.78, 5) is 7.36. The molecule has 2 aliphatic rings. The van der Waals surface area contributed by atoms with Crippen molar-refractivity contribution in [3.63, 3.8) is 0 Å². The molecule has 4 heterocycles. The fourth-order valence-corrected chi connectivity index (χ4v) is 12.0. The monoisotopic (exact) mass is 905 g/mol. The minimum absolute atomic E-state index is 0.0371. The number of fused-ring (bicyclic) bond motifs is 10. The van der Waals surface area contributed by atoms with Crippen LogP contribution in [-0.4, -0.2) is 10.6 Å². The Hall–Kier alpha value is -8.45. The van der Waals surface area contributed by atoms with E-state index in [9.17, 15) is 0 Å². The average molecular weight is 906 g/mol. The first-order chi connectivity index (χ1) is 34.1. The Bertz CT molecular complexity index is 3990. The molecule has 0 amide bonds. The number of anilines is 5. The van der Waals surface area contributed by atoms with Crippen LogP contribution in [0.2, 0.25) is 0 Å². The van der Waals surface area contributed by atoms with E-state index in [0.717, 1.165) is 83.9 Å². The molecular formula is C63H43N3O2S. The van der Waals surface area contributed by atoms with Gasteiger partial charge >= 0.3 is 0 Å². The van der Waals surface area contributed by atoms with Crippen molar-refractivity contribution in [2.75, 3.05) is 9.80 Å². The van der Waals surface area contributed by atoms with Crippen LogP contribution in [0.25, 0.3) is 77.8 Å². The number of benzene rings is 9. The Balaban J connectivity index is 0.885. The smallest absolute Gasteiger partial charge is 0.137 e. The highest BCUT2D eigenvalue weighted by molar-refractivity contribution is 8.00. The van der Waals surface area contributed by atoms with Gasteiger partial charge in [-0.1, -0.05) is 152 Å². The zero-order chi connectivity index (χ0) is 45.6. The van der Waals surface area contributed by atoms with Crippen LogP contribution in [0.4, 0.5) is 28.6 Å². The van der Waals surface area contributed by atoms with E-state index in [1.165, 1.54) is 37.5 Å². The first-order valence-electron chi connectivity index (χ1n) is 23.6. The van der Waals surface area contributed by atoms with E-state index in [1.54, 1.807) is 0 Å². The molecule has 69 heavy (non-hydrogen) atoms. The molecule has 0 fully saturated rings. The maximum atomic E-state index is 6.63. The predicted octanol–water partition coefficient (Wildman–Crippen LogP) is 17.9. The van der Waals surface area contributed by atoms with Gasteiger partial charge in [0, 0.05) is 66.7 Å². The Morgan fingerprint density at radius 3 is 1.93 bits per heavy atom. The van der Waals surface area contributed by atoms with Crippen LogP contribution in [0, 0.1) is 0 Å². The number of nitrogens with zero attached hydrogens (tertiary/aromatic N) is 3. The summed E-state index contributed by atoms with van der Waals surface area (Å²) >= 11 is 1.86. The molecule has 0 saturated carbocycles. The lowest BCUT2D eigenvalue weighted by molar-refractivity contribution is 0.476. The minimum atomic E-state index is -0.0371. The fourth-order valence-electron chi connectivity index (χ4n) is 10.9. The molecule has 328 valence electrons. The number of rotatable bonds is 7. The number of hydrogen-bond donors (Lipinski definition) is 0. The summed E-state index contributed by atoms with van der Waals surface area (Å²) in [6.07, 6.45) is 4.60. The van der Waals surface area contributed by atoms with Crippen LogP contribution >= 0.6 is 11.8 Å². The van der Waals surface area contributed by atoms with Crippen molar-refractivity contribution in [2.45, 2.75) is 28.7 Å². The molecule has 9 aromatic carbocycles. The molecule has 0 spiro atoms. The second kappa shape index (κ2) is 15.8. The Morgan fingerprint density at radius 2 is 1.12 bits per heavy atom. The summed E-state index contributed by atoms with van der Waals surface area (Å²) < 4.78 is 15.6. The Kier molecular flexibility index (Phi) is 9.11. The van der Waals surface area contributed by atoms with Gasteiger partial charge in [0.2, 0.25) is 0 Å². The third-order valence-corrected chi connectivity index (χ3v) is 15.3. The molecule has 0 N–H and O–H groups in total. The minimum Gasteiger partial charge on any atom is -0.460 e. The highest BCUT2D eigenvalue weighted by Crippen LogP contribution is 2.56. The highest BCUT2D eigenvalue weighted by atomic mass is 32.2. The van der Waals surface area contributed by atoms with Gasteiger partial charge in [-0.05, 0) is 113 Å². The van der Waals surface area contributed by atoms with Gasteiger partial charge in [0.05, 0.1) is 22.1 Å². The summed E-state index contributed by atoms with van der Waals surface area (Å²) in [5.74, 6) is 2.21. The number of para-hydroxylation sites is 5. The van der Waals surface area contributed by atoms with Gasteiger partial charge in [-0.15, -0.1) is 0 Å². The van der Waals surface area contributed by atoms with Crippen LogP contribution in [0.3, 0.4) is 0 Å². The molecule has 0 bridgehead atoms. The molecule has 14 rings (SSSR count). The standard InChI is InChI=1S/C63H43N3O2S/c1-40-54(35-33-52-50-25-9-12-28-58(50)68-61(40)52)64(48-31-32-51-49-24-8-11-27-57(49)67-59(51)39-48)47-23-15-18-43(37-47)41-16-14-17-42(36-41)44-30-34-55-53(38-44)62-63(65(55)45-19-4-2-5-20-45)66(46-21-6-3-7-22-46)56-26-10-13-29-60(56)69-62/h2-40,54H,1H3. The Morgan fingerprint density at radius 1 is 0.478 bits per heavy atom. The van der Waals surface area contributed by atoms with Crippen molar-refractivity contribution in [1.29, 1.82) is 0 Å². The second-order valence-corrected chi connectivity index (χ2v) is 19.1. The van der Waals surface area contributed by atoms with Crippen molar-refractivity contribution in [1.82, 2.24) is 4.57 Å². The van der Waals surface area contributed by atoms with Gasteiger partial charge < -0.3 is 13.7 Å². The molecule has 0 radical (unpaired) electrons. The van der Waals surface area contributed by atoms with Gasteiger partial charge in [0.1, 0.15) is 28.3 Å². The van der Waals surface area contributed by atoms with Crippen molar-refractivity contribution in [3.8, 4) is 27.9 Å². The molecule has 1 aliphatic heterocycles. The summed E-state index contributed by atoms with van der Waals surface area (Å²) in [5, 5.41) is 4.60. The van der Waals surface area contributed by atoms with Crippen LogP contribution in [-0.2, 0) is 0 Å². The quantitative estimate of drug-likeness (QED) is 0.159. The van der Waals surface area contributed by atoms with Gasteiger partial charge in [-0.3, -0.25) is 9.47 Å².